The molecule has 0 unspecified atom stereocenters. The Morgan fingerprint density at radius 3 is 2.91 bits per heavy atom. The fourth-order valence-electron chi connectivity index (χ4n) is 3.06. The second-order valence-corrected chi connectivity index (χ2v) is 6.19. The standard InChI is InChI=1S/C17H24N4O/c1-13-7-8-16-19-15(12-21(16)11-13)9-10-18-17(22)20-14-5-3-2-4-6-14/h7-8,11-12,14H,2-6,9-10H2,1H3,(H2,18,20,22). The topological polar surface area (TPSA) is 58.4 Å². The minimum atomic E-state index is -0.0495. The molecule has 0 bridgehead atoms. The molecule has 2 aromatic heterocycles. The lowest BCUT2D eigenvalue weighted by Gasteiger charge is -2.22. The number of aromatic nitrogens is 2. The smallest absolute Gasteiger partial charge is 0.315 e. The van der Waals surface area contributed by atoms with Gasteiger partial charge in [0, 0.05) is 31.4 Å². The van der Waals surface area contributed by atoms with Crippen LogP contribution >= 0.6 is 0 Å². The minimum absolute atomic E-state index is 0.0495. The fourth-order valence-corrected chi connectivity index (χ4v) is 3.06. The van der Waals surface area contributed by atoms with Crippen LogP contribution in [0.4, 0.5) is 4.79 Å². The van der Waals surface area contributed by atoms with Gasteiger partial charge in [-0.1, -0.05) is 25.3 Å². The number of carbonyl (C=O) groups excluding carboxylic acids is 1. The Kier molecular flexibility index (Phi) is 4.61. The maximum Gasteiger partial charge on any atom is 0.315 e. The van der Waals surface area contributed by atoms with Crippen LogP contribution in [0.3, 0.4) is 0 Å². The number of amides is 2. The molecule has 5 heteroatoms. The van der Waals surface area contributed by atoms with Crippen LogP contribution in [0.15, 0.2) is 24.5 Å². The van der Waals surface area contributed by atoms with Gasteiger partial charge in [-0.15, -0.1) is 0 Å². The molecular formula is C17H24N4O. The van der Waals surface area contributed by atoms with Crippen LogP contribution in [-0.4, -0.2) is 28.0 Å². The molecule has 0 atom stereocenters. The maximum atomic E-state index is 11.9. The van der Waals surface area contributed by atoms with Crippen molar-refractivity contribution in [2.24, 2.45) is 0 Å². The molecule has 1 saturated carbocycles. The predicted octanol–water partition coefficient (Wildman–Crippen LogP) is 2.82. The first-order chi connectivity index (χ1) is 10.7. The molecule has 2 amide bonds. The molecule has 5 nitrogen and oxygen atoms in total. The molecule has 3 rings (SSSR count). The Morgan fingerprint density at radius 2 is 2.09 bits per heavy atom. The molecule has 1 aliphatic carbocycles. The molecule has 0 saturated heterocycles. The van der Waals surface area contributed by atoms with Gasteiger partial charge in [0.1, 0.15) is 5.65 Å². The number of aryl methyl sites for hydroxylation is 1. The number of nitrogens with zero attached hydrogens (tertiary/aromatic N) is 2. The van der Waals surface area contributed by atoms with Crippen LogP contribution < -0.4 is 10.6 Å². The number of nitrogens with one attached hydrogen (secondary N) is 2. The number of carbonyl (C=O) groups is 1. The van der Waals surface area contributed by atoms with Crippen molar-refractivity contribution in [1.82, 2.24) is 20.0 Å². The van der Waals surface area contributed by atoms with Gasteiger partial charge in [0.25, 0.3) is 0 Å². The molecule has 2 aromatic rings. The van der Waals surface area contributed by atoms with Crippen molar-refractivity contribution in [3.05, 3.63) is 35.8 Å². The Labute approximate surface area is 131 Å². The van der Waals surface area contributed by atoms with Gasteiger partial charge in [-0.2, -0.15) is 0 Å². The van der Waals surface area contributed by atoms with Crippen LogP contribution in [0.1, 0.15) is 43.4 Å². The van der Waals surface area contributed by atoms with Gasteiger partial charge in [-0.3, -0.25) is 0 Å². The SMILES string of the molecule is Cc1ccc2nc(CCNC(=O)NC3CCCCC3)cn2c1. The number of hydrogen-bond donors (Lipinski definition) is 2. The summed E-state index contributed by atoms with van der Waals surface area (Å²) in [4.78, 5) is 16.4. The number of hydrogen-bond acceptors (Lipinski definition) is 2. The van der Waals surface area contributed by atoms with E-state index < -0.39 is 0 Å². The number of fused-ring (bicyclic) bond motifs is 1. The highest BCUT2D eigenvalue weighted by atomic mass is 16.2. The van der Waals surface area contributed by atoms with Crippen LogP contribution in [0, 0.1) is 6.92 Å². The van der Waals surface area contributed by atoms with Gasteiger partial charge in [0.2, 0.25) is 0 Å². The first-order valence-corrected chi connectivity index (χ1v) is 8.19. The first kappa shape index (κ1) is 14.9. The molecule has 0 spiro atoms. The van der Waals surface area contributed by atoms with E-state index in [0.717, 1.165) is 30.6 Å². The Balaban J connectivity index is 1.46. The van der Waals surface area contributed by atoms with Gasteiger partial charge in [0.15, 0.2) is 0 Å². The van der Waals surface area contributed by atoms with E-state index in [1.807, 2.05) is 16.7 Å². The van der Waals surface area contributed by atoms with Crippen molar-refractivity contribution >= 4 is 11.7 Å². The lowest BCUT2D eigenvalue weighted by Crippen LogP contribution is -2.43. The third-order valence-corrected chi connectivity index (χ3v) is 4.26. The highest BCUT2D eigenvalue weighted by molar-refractivity contribution is 5.74. The van der Waals surface area contributed by atoms with Crippen molar-refractivity contribution in [2.75, 3.05) is 6.54 Å². The van der Waals surface area contributed by atoms with Gasteiger partial charge in [-0.25, -0.2) is 9.78 Å². The van der Waals surface area contributed by atoms with E-state index in [9.17, 15) is 4.79 Å². The summed E-state index contributed by atoms with van der Waals surface area (Å²) in [5, 5.41) is 6.00. The highest BCUT2D eigenvalue weighted by Crippen LogP contribution is 2.17. The van der Waals surface area contributed by atoms with Crippen molar-refractivity contribution in [2.45, 2.75) is 51.5 Å². The number of imidazole rings is 1. The van der Waals surface area contributed by atoms with Crippen LogP contribution in [0.25, 0.3) is 5.65 Å². The quantitative estimate of drug-likeness (QED) is 0.912. The molecule has 118 valence electrons. The van der Waals surface area contributed by atoms with Gasteiger partial charge in [0.05, 0.1) is 5.69 Å². The third kappa shape index (κ3) is 3.78. The van der Waals surface area contributed by atoms with Crippen molar-refractivity contribution in [3.8, 4) is 0 Å². The van der Waals surface area contributed by atoms with Crippen LogP contribution in [0.5, 0.6) is 0 Å². The average molecular weight is 300 g/mol. The van der Waals surface area contributed by atoms with E-state index in [4.69, 9.17) is 0 Å². The summed E-state index contributed by atoms with van der Waals surface area (Å²) in [5.74, 6) is 0. The molecule has 2 heterocycles. The summed E-state index contributed by atoms with van der Waals surface area (Å²) in [6, 6.07) is 4.38. The number of pyridine rings is 1. The molecule has 2 N–H and O–H groups in total. The zero-order valence-electron chi connectivity index (χ0n) is 13.1. The molecule has 1 aliphatic rings. The second kappa shape index (κ2) is 6.81. The van der Waals surface area contributed by atoms with Gasteiger partial charge in [-0.05, 0) is 31.4 Å². The predicted molar refractivity (Wildman–Crippen MR) is 87.0 cm³/mol. The van der Waals surface area contributed by atoms with E-state index in [1.165, 1.54) is 24.8 Å². The Bertz CT molecular complexity index is 643. The van der Waals surface area contributed by atoms with Crippen molar-refractivity contribution in [1.29, 1.82) is 0 Å². The minimum Gasteiger partial charge on any atom is -0.338 e. The summed E-state index contributed by atoms with van der Waals surface area (Å²) < 4.78 is 2.03. The fraction of sp³-hybridized carbons (Fsp3) is 0.529. The molecule has 22 heavy (non-hydrogen) atoms. The summed E-state index contributed by atoms with van der Waals surface area (Å²) >= 11 is 0. The molecule has 1 fully saturated rings. The average Bonchev–Trinajstić information content (AvgIpc) is 2.90. The monoisotopic (exact) mass is 300 g/mol. The summed E-state index contributed by atoms with van der Waals surface area (Å²) in [7, 11) is 0. The molecule has 0 radical (unpaired) electrons. The lowest BCUT2D eigenvalue weighted by molar-refractivity contribution is 0.233. The van der Waals surface area contributed by atoms with Crippen LogP contribution in [0.2, 0.25) is 0 Å². The second-order valence-electron chi connectivity index (χ2n) is 6.19. The lowest BCUT2D eigenvalue weighted by atomic mass is 9.96. The number of urea groups is 1. The Morgan fingerprint density at radius 1 is 1.27 bits per heavy atom. The molecule has 0 aromatic carbocycles. The zero-order valence-corrected chi connectivity index (χ0v) is 13.1. The van der Waals surface area contributed by atoms with Crippen molar-refractivity contribution < 1.29 is 4.79 Å². The summed E-state index contributed by atoms with van der Waals surface area (Å²) in [5.41, 5.74) is 3.16. The van der Waals surface area contributed by atoms with Gasteiger partial charge >= 0.3 is 6.03 Å². The highest BCUT2D eigenvalue weighted by Gasteiger charge is 2.15. The normalized spacial score (nSPS) is 15.9. The molecule has 0 aliphatic heterocycles. The van der Waals surface area contributed by atoms with E-state index in [0.29, 0.717) is 12.6 Å². The van der Waals surface area contributed by atoms with Crippen LogP contribution in [-0.2, 0) is 6.42 Å². The summed E-state index contributed by atoms with van der Waals surface area (Å²) in [6.07, 6.45) is 10.8. The van der Waals surface area contributed by atoms with E-state index >= 15 is 0 Å². The maximum absolute atomic E-state index is 11.9. The first-order valence-electron chi connectivity index (χ1n) is 8.19. The van der Waals surface area contributed by atoms with E-state index in [-0.39, 0.29) is 6.03 Å². The summed E-state index contributed by atoms with van der Waals surface area (Å²) in [6.45, 7) is 2.68. The third-order valence-electron chi connectivity index (χ3n) is 4.26. The van der Waals surface area contributed by atoms with E-state index in [1.54, 1.807) is 0 Å². The zero-order chi connectivity index (χ0) is 15.4. The Hall–Kier alpha value is -2.04. The van der Waals surface area contributed by atoms with Gasteiger partial charge < -0.3 is 15.0 Å². The van der Waals surface area contributed by atoms with E-state index in [2.05, 4.69) is 34.8 Å². The largest absolute Gasteiger partial charge is 0.338 e. The van der Waals surface area contributed by atoms with Crippen molar-refractivity contribution in [3.63, 3.8) is 0 Å². The number of rotatable bonds is 4. The molecular weight excluding hydrogens is 276 g/mol.